The Morgan fingerprint density at radius 3 is 2.57 bits per heavy atom. The lowest BCUT2D eigenvalue weighted by Gasteiger charge is -2.28. The highest BCUT2D eigenvalue weighted by molar-refractivity contribution is 7.80. The van der Waals surface area contributed by atoms with E-state index in [0.717, 1.165) is 13.1 Å². The molecule has 2 nitrogen and oxygen atoms in total. The number of fused-ring (bicyclic) bond motifs is 1. The zero-order valence-corrected chi connectivity index (χ0v) is 13.1. The van der Waals surface area contributed by atoms with Crippen LogP contribution >= 0.6 is 12.2 Å². The van der Waals surface area contributed by atoms with Crippen LogP contribution in [0.25, 0.3) is 10.8 Å². The summed E-state index contributed by atoms with van der Waals surface area (Å²) in [4.78, 5) is 3.07. The van der Waals surface area contributed by atoms with E-state index in [4.69, 9.17) is 18.0 Å². The van der Waals surface area contributed by atoms with Gasteiger partial charge >= 0.3 is 0 Å². The maximum absolute atomic E-state index is 5.82. The van der Waals surface area contributed by atoms with Crippen LogP contribution in [0.15, 0.2) is 42.5 Å². The Balaban J connectivity index is 1.88. The molecule has 2 aromatic carbocycles. The van der Waals surface area contributed by atoms with E-state index >= 15 is 0 Å². The van der Waals surface area contributed by atoms with E-state index < -0.39 is 0 Å². The number of hydrogen-bond acceptors (Lipinski definition) is 2. The average molecular weight is 298 g/mol. The number of nitrogens with two attached hydrogens (primary N) is 1. The molecule has 3 rings (SSSR count). The van der Waals surface area contributed by atoms with E-state index in [1.165, 1.54) is 42.0 Å². The van der Waals surface area contributed by atoms with Gasteiger partial charge in [0.15, 0.2) is 0 Å². The van der Waals surface area contributed by atoms with Crippen LogP contribution in [0.3, 0.4) is 0 Å². The third kappa shape index (κ3) is 3.42. The van der Waals surface area contributed by atoms with Gasteiger partial charge in [0.2, 0.25) is 0 Å². The number of benzene rings is 2. The van der Waals surface area contributed by atoms with Crippen molar-refractivity contribution in [2.45, 2.75) is 38.3 Å². The molecule has 0 bridgehead atoms. The van der Waals surface area contributed by atoms with Crippen LogP contribution in [-0.4, -0.2) is 22.5 Å². The molecule has 2 aromatic rings. The van der Waals surface area contributed by atoms with Crippen molar-refractivity contribution in [2.24, 2.45) is 5.73 Å². The molecule has 1 fully saturated rings. The Labute approximate surface area is 131 Å². The summed E-state index contributed by atoms with van der Waals surface area (Å²) in [5.74, 6) is 0. The Morgan fingerprint density at radius 1 is 1.10 bits per heavy atom. The summed E-state index contributed by atoms with van der Waals surface area (Å²) in [5, 5.41) is 2.64. The van der Waals surface area contributed by atoms with Crippen molar-refractivity contribution in [3.8, 4) is 0 Å². The van der Waals surface area contributed by atoms with Gasteiger partial charge in [0.05, 0.1) is 4.99 Å². The van der Waals surface area contributed by atoms with E-state index in [-0.39, 0.29) is 0 Å². The fraction of sp³-hybridized carbons (Fsp3) is 0.389. The second-order valence-electron chi connectivity index (χ2n) is 5.95. The molecule has 0 atom stereocenters. The molecule has 0 radical (unpaired) electrons. The van der Waals surface area contributed by atoms with E-state index in [9.17, 15) is 0 Å². The van der Waals surface area contributed by atoms with Gasteiger partial charge in [-0.3, -0.25) is 4.90 Å². The average Bonchev–Trinajstić information content (AvgIpc) is 3.01. The zero-order valence-electron chi connectivity index (χ0n) is 12.3. The van der Waals surface area contributed by atoms with Gasteiger partial charge in [0.1, 0.15) is 0 Å². The first-order valence-corrected chi connectivity index (χ1v) is 8.14. The Hall–Kier alpha value is -1.45. The van der Waals surface area contributed by atoms with Crippen LogP contribution in [0, 0.1) is 0 Å². The first-order valence-electron chi connectivity index (χ1n) is 7.73. The highest BCUT2D eigenvalue weighted by Crippen LogP contribution is 2.27. The monoisotopic (exact) mass is 298 g/mol. The second-order valence-corrected chi connectivity index (χ2v) is 6.47. The van der Waals surface area contributed by atoms with Crippen LogP contribution in [0.5, 0.6) is 0 Å². The summed E-state index contributed by atoms with van der Waals surface area (Å²) in [7, 11) is 0. The number of nitrogens with zero attached hydrogens (tertiary/aromatic N) is 1. The van der Waals surface area contributed by atoms with Crippen molar-refractivity contribution >= 4 is 28.0 Å². The van der Waals surface area contributed by atoms with Crippen molar-refractivity contribution in [1.82, 2.24) is 4.90 Å². The molecule has 0 heterocycles. The Kier molecular flexibility index (Phi) is 4.51. The first kappa shape index (κ1) is 14.5. The molecular formula is C18H22N2S. The molecular weight excluding hydrogens is 276 g/mol. The molecule has 0 unspecified atom stereocenters. The van der Waals surface area contributed by atoms with E-state index in [0.29, 0.717) is 11.0 Å². The summed E-state index contributed by atoms with van der Waals surface area (Å²) < 4.78 is 0. The molecule has 0 aromatic heterocycles. The summed E-state index contributed by atoms with van der Waals surface area (Å²) >= 11 is 5.16. The third-order valence-electron chi connectivity index (χ3n) is 4.45. The van der Waals surface area contributed by atoms with Gasteiger partial charge in [-0.1, -0.05) is 67.5 Å². The van der Waals surface area contributed by atoms with Gasteiger partial charge in [-0.25, -0.2) is 0 Å². The predicted octanol–water partition coefficient (Wildman–Crippen LogP) is 3.87. The molecule has 0 aliphatic heterocycles. The Bertz CT molecular complexity index is 627. The molecule has 1 saturated carbocycles. The molecule has 0 amide bonds. The highest BCUT2D eigenvalue weighted by Gasteiger charge is 2.23. The Morgan fingerprint density at radius 2 is 1.81 bits per heavy atom. The molecule has 1 aliphatic rings. The van der Waals surface area contributed by atoms with Crippen molar-refractivity contribution in [3.63, 3.8) is 0 Å². The van der Waals surface area contributed by atoms with E-state index in [2.05, 4.69) is 47.4 Å². The summed E-state index contributed by atoms with van der Waals surface area (Å²) in [5.41, 5.74) is 7.19. The van der Waals surface area contributed by atoms with Gasteiger partial charge in [-0.05, 0) is 29.2 Å². The minimum atomic E-state index is 0.599. The molecule has 0 spiro atoms. The summed E-state index contributed by atoms with van der Waals surface area (Å²) in [6.45, 7) is 1.66. The molecule has 0 saturated heterocycles. The molecule has 2 N–H and O–H groups in total. The SMILES string of the molecule is NC(=S)CN(Cc1cccc2ccccc12)C1CCCC1. The standard InChI is InChI=1S/C18H22N2S/c19-18(21)13-20(16-9-2-3-10-16)12-15-8-5-7-14-6-1-4-11-17(14)15/h1,4-8,11,16H,2-3,9-10,12-13H2,(H2,19,21). The van der Waals surface area contributed by atoms with Gasteiger partial charge < -0.3 is 5.73 Å². The molecule has 1 aliphatic carbocycles. The maximum Gasteiger partial charge on any atom is 0.0870 e. The predicted molar refractivity (Wildman–Crippen MR) is 93.4 cm³/mol. The number of thiocarbonyl (C=S) groups is 1. The van der Waals surface area contributed by atoms with Crippen molar-refractivity contribution in [1.29, 1.82) is 0 Å². The molecule has 110 valence electrons. The fourth-order valence-electron chi connectivity index (χ4n) is 3.43. The number of rotatable bonds is 5. The minimum Gasteiger partial charge on any atom is -0.392 e. The van der Waals surface area contributed by atoms with Crippen LogP contribution in [0.1, 0.15) is 31.2 Å². The van der Waals surface area contributed by atoms with Crippen molar-refractivity contribution in [2.75, 3.05) is 6.54 Å². The van der Waals surface area contributed by atoms with Crippen molar-refractivity contribution < 1.29 is 0 Å². The lowest BCUT2D eigenvalue weighted by atomic mass is 10.0. The van der Waals surface area contributed by atoms with E-state index in [1.54, 1.807) is 0 Å². The van der Waals surface area contributed by atoms with Crippen LogP contribution in [0.4, 0.5) is 0 Å². The number of hydrogen-bond donors (Lipinski definition) is 1. The smallest absolute Gasteiger partial charge is 0.0870 e. The lowest BCUT2D eigenvalue weighted by Crippen LogP contribution is -2.38. The van der Waals surface area contributed by atoms with Gasteiger partial charge in [-0.15, -0.1) is 0 Å². The molecule has 21 heavy (non-hydrogen) atoms. The highest BCUT2D eigenvalue weighted by atomic mass is 32.1. The third-order valence-corrected chi connectivity index (χ3v) is 4.58. The van der Waals surface area contributed by atoms with Crippen LogP contribution < -0.4 is 5.73 Å². The van der Waals surface area contributed by atoms with Gasteiger partial charge in [-0.2, -0.15) is 0 Å². The topological polar surface area (TPSA) is 29.3 Å². The van der Waals surface area contributed by atoms with Gasteiger partial charge in [0, 0.05) is 19.1 Å². The van der Waals surface area contributed by atoms with Crippen LogP contribution in [-0.2, 0) is 6.54 Å². The lowest BCUT2D eigenvalue weighted by molar-refractivity contribution is 0.219. The largest absolute Gasteiger partial charge is 0.392 e. The quantitative estimate of drug-likeness (QED) is 0.850. The first-order chi connectivity index (χ1) is 10.2. The fourth-order valence-corrected chi connectivity index (χ4v) is 3.60. The second kappa shape index (κ2) is 6.54. The zero-order chi connectivity index (χ0) is 14.7. The summed E-state index contributed by atoms with van der Waals surface area (Å²) in [6, 6.07) is 15.8. The maximum atomic E-state index is 5.82. The summed E-state index contributed by atoms with van der Waals surface area (Å²) in [6.07, 6.45) is 5.20. The normalized spacial score (nSPS) is 15.9. The van der Waals surface area contributed by atoms with Crippen LogP contribution in [0.2, 0.25) is 0 Å². The van der Waals surface area contributed by atoms with Gasteiger partial charge in [0.25, 0.3) is 0 Å². The van der Waals surface area contributed by atoms with Crippen molar-refractivity contribution in [3.05, 3.63) is 48.0 Å². The minimum absolute atomic E-state index is 0.599. The molecule has 3 heteroatoms. The van der Waals surface area contributed by atoms with E-state index in [1.807, 2.05) is 0 Å².